The first-order valence-corrected chi connectivity index (χ1v) is 5.65. The van der Waals surface area contributed by atoms with Crippen LogP contribution in [0.4, 0.5) is 5.69 Å². The molecule has 1 rings (SSSR count). The van der Waals surface area contributed by atoms with Gasteiger partial charge in [0.15, 0.2) is 0 Å². The van der Waals surface area contributed by atoms with Gasteiger partial charge in [-0.1, -0.05) is 0 Å². The molecule has 0 aliphatic carbocycles. The van der Waals surface area contributed by atoms with Crippen molar-refractivity contribution in [3.8, 4) is 0 Å². The molecule has 0 unspecified atom stereocenters. The molecule has 3 N–H and O–H groups in total. The molecule has 98 valence electrons. The number of amides is 1. The van der Waals surface area contributed by atoms with Crippen LogP contribution in [0.25, 0.3) is 0 Å². The summed E-state index contributed by atoms with van der Waals surface area (Å²) in [6.07, 6.45) is 0. The van der Waals surface area contributed by atoms with Crippen molar-refractivity contribution in [2.24, 2.45) is 5.73 Å². The average molecular weight is 250 g/mol. The Kier molecular flexibility index (Phi) is 4.44. The number of anilines is 1. The molecular formula is C13H18N2O3. The zero-order valence-electron chi connectivity index (χ0n) is 10.8. The number of benzene rings is 1. The molecule has 0 fully saturated rings. The molecule has 0 atom stereocenters. The molecule has 0 saturated carbocycles. The van der Waals surface area contributed by atoms with E-state index < -0.39 is 5.60 Å². The summed E-state index contributed by atoms with van der Waals surface area (Å²) in [4.78, 5) is 22.8. The highest BCUT2D eigenvalue weighted by Crippen LogP contribution is 2.14. The van der Waals surface area contributed by atoms with Crippen molar-refractivity contribution in [1.29, 1.82) is 0 Å². The monoisotopic (exact) mass is 250 g/mol. The van der Waals surface area contributed by atoms with Gasteiger partial charge in [-0.25, -0.2) is 4.79 Å². The van der Waals surface area contributed by atoms with Gasteiger partial charge >= 0.3 is 5.97 Å². The first-order chi connectivity index (χ1) is 8.31. The number of esters is 1. The third kappa shape index (κ3) is 4.55. The lowest BCUT2D eigenvalue weighted by Gasteiger charge is -2.19. The number of carbonyl (C=O) groups is 2. The molecule has 0 aromatic heterocycles. The van der Waals surface area contributed by atoms with Crippen LogP contribution in [0.2, 0.25) is 0 Å². The number of nitrogens with one attached hydrogen (secondary N) is 1. The van der Waals surface area contributed by atoms with Crippen LogP contribution in [0.1, 0.15) is 31.1 Å². The summed E-state index contributed by atoms with van der Waals surface area (Å²) in [7, 11) is 0. The second-order valence-corrected chi connectivity index (χ2v) is 4.83. The molecule has 5 nitrogen and oxygen atoms in total. The van der Waals surface area contributed by atoms with Crippen LogP contribution < -0.4 is 11.1 Å². The molecular weight excluding hydrogens is 232 g/mol. The van der Waals surface area contributed by atoms with E-state index in [-0.39, 0.29) is 18.4 Å². The normalized spacial score (nSPS) is 10.9. The summed E-state index contributed by atoms with van der Waals surface area (Å²) in [6, 6.07) is 6.46. The van der Waals surface area contributed by atoms with Crippen molar-refractivity contribution in [1.82, 2.24) is 0 Å². The minimum atomic E-state index is -0.524. The van der Waals surface area contributed by atoms with Crippen LogP contribution in [-0.4, -0.2) is 24.0 Å². The van der Waals surface area contributed by atoms with Gasteiger partial charge < -0.3 is 15.8 Å². The fourth-order valence-electron chi connectivity index (χ4n) is 1.24. The van der Waals surface area contributed by atoms with E-state index in [4.69, 9.17) is 10.5 Å². The van der Waals surface area contributed by atoms with E-state index in [1.807, 2.05) is 0 Å². The molecule has 1 amide bonds. The maximum atomic E-state index is 11.7. The molecule has 18 heavy (non-hydrogen) atoms. The van der Waals surface area contributed by atoms with E-state index in [2.05, 4.69) is 5.32 Å². The molecule has 0 bridgehead atoms. The van der Waals surface area contributed by atoms with Crippen LogP contribution in [0.15, 0.2) is 24.3 Å². The van der Waals surface area contributed by atoms with E-state index >= 15 is 0 Å². The molecule has 5 heteroatoms. The second kappa shape index (κ2) is 5.64. The minimum Gasteiger partial charge on any atom is -0.456 e. The maximum absolute atomic E-state index is 11.7. The Morgan fingerprint density at radius 2 is 1.78 bits per heavy atom. The Balaban J connectivity index is 2.71. The predicted octanol–water partition coefficient (Wildman–Crippen LogP) is 1.54. The van der Waals surface area contributed by atoms with Gasteiger partial charge in [0, 0.05) is 5.69 Å². The summed E-state index contributed by atoms with van der Waals surface area (Å²) in [5.74, 6) is -0.667. The molecule has 0 aliphatic rings. The lowest BCUT2D eigenvalue weighted by molar-refractivity contribution is -0.114. The van der Waals surface area contributed by atoms with Crippen molar-refractivity contribution >= 4 is 17.6 Å². The van der Waals surface area contributed by atoms with Crippen molar-refractivity contribution in [3.63, 3.8) is 0 Å². The Morgan fingerprint density at radius 3 is 2.22 bits per heavy atom. The number of ether oxygens (including phenoxy) is 1. The molecule has 0 spiro atoms. The van der Waals surface area contributed by atoms with E-state index in [1.165, 1.54) is 0 Å². The zero-order chi connectivity index (χ0) is 13.8. The fraction of sp³-hybridized carbons (Fsp3) is 0.385. The molecule has 0 saturated heterocycles. The molecule has 0 aliphatic heterocycles. The molecule has 1 aromatic carbocycles. The van der Waals surface area contributed by atoms with Gasteiger partial charge in [0.05, 0.1) is 12.1 Å². The summed E-state index contributed by atoms with van der Waals surface area (Å²) >= 11 is 0. The SMILES string of the molecule is CC(C)(C)OC(=O)c1ccc(NC(=O)CN)cc1. The molecule has 0 heterocycles. The van der Waals surface area contributed by atoms with Gasteiger partial charge in [-0.15, -0.1) is 0 Å². The van der Waals surface area contributed by atoms with Gasteiger partial charge in [-0.05, 0) is 45.0 Å². The number of carbonyl (C=O) groups excluding carboxylic acids is 2. The Bertz CT molecular complexity index is 433. The fourth-order valence-corrected chi connectivity index (χ4v) is 1.24. The largest absolute Gasteiger partial charge is 0.456 e. The molecule has 0 radical (unpaired) electrons. The maximum Gasteiger partial charge on any atom is 0.338 e. The zero-order valence-corrected chi connectivity index (χ0v) is 10.8. The van der Waals surface area contributed by atoms with E-state index in [1.54, 1.807) is 45.0 Å². The first-order valence-electron chi connectivity index (χ1n) is 5.65. The summed E-state index contributed by atoms with van der Waals surface area (Å²) < 4.78 is 5.22. The highest BCUT2D eigenvalue weighted by Gasteiger charge is 2.17. The third-order valence-electron chi connectivity index (χ3n) is 1.99. The molecule has 1 aromatic rings. The van der Waals surface area contributed by atoms with Crippen molar-refractivity contribution in [3.05, 3.63) is 29.8 Å². The van der Waals surface area contributed by atoms with Crippen molar-refractivity contribution < 1.29 is 14.3 Å². The lowest BCUT2D eigenvalue weighted by Crippen LogP contribution is -2.24. The van der Waals surface area contributed by atoms with Crippen LogP contribution in [0.5, 0.6) is 0 Å². The van der Waals surface area contributed by atoms with Gasteiger partial charge in [-0.2, -0.15) is 0 Å². The van der Waals surface area contributed by atoms with Crippen LogP contribution in [0, 0.1) is 0 Å². The van der Waals surface area contributed by atoms with E-state index in [9.17, 15) is 9.59 Å². The highest BCUT2D eigenvalue weighted by molar-refractivity contribution is 5.93. The average Bonchev–Trinajstić information content (AvgIpc) is 2.27. The van der Waals surface area contributed by atoms with Crippen LogP contribution >= 0.6 is 0 Å². The minimum absolute atomic E-state index is 0.0756. The van der Waals surface area contributed by atoms with Crippen LogP contribution in [-0.2, 0) is 9.53 Å². The van der Waals surface area contributed by atoms with Gasteiger partial charge in [0.2, 0.25) is 5.91 Å². The highest BCUT2D eigenvalue weighted by atomic mass is 16.6. The first kappa shape index (κ1) is 14.2. The predicted molar refractivity (Wildman–Crippen MR) is 69.3 cm³/mol. The van der Waals surface area contributed by atoms with E-state index in [0.717, 1.165) is 0 Å². The number of rotatable bonds is 3. The lowest BCUT2D eigenvalue weighted by atomic mass is 10.1. The number of nitrogens with two attached hydrogens (primary N) is 1. The second-order valence-electron chi connectivity index (χ2n) is 4.83. The summed E-state index contributed by atoms with van der Waals surface area (Å²) in [6.45, 7) is 5.34. The standard InChI is InChI=1S/C13H18N2O3/c1-13(2,3)18-12(17)9-4-6-10(7-5-9)15-11(16)8-14/h4-7H,8,14H2,1-3H3,(H,15,16). The quantitative estimate of drug-likeness (QED) is 0.797. The Morgan fingerprint density at radius 1 is 1.22 bits per heavy atom. The van der Waals surface area contributed by atoms with Gasteiger partial charge in [0.1, 0.15) is 5.60 Å². The van der Waals surface area contributed by atoms with Gasteiger partial charge in [0.25, 0.3) is 0 Å². The Labute approximate surface area is 106 Å². The smallest absolute Gasteiger partial charge is 0.338 e. The number of hydrogen-bond donors (Lipinski definition) is 2. The number of hydrogen-bond acceptors (Lipinski definition) is 4. The van der Waals surface area contributed by atoms with Crippen molar-refractivity contribution in [2.75, 3.05) is 11.9 Å². The van der Waals surface area contributed by atoms with Crippen LogP contribution in [0.3, 0.4) is 0 Å². The topological polar surface area (TPSA) is 81.4 Å². The summed E-state index contributed by atoms with van der Waals surface area (Å²) in [5.41, 5.74) is 5.69. The van der Waals surface area contributed by atoms with Gasteiger partial charge in [-0.3, -0.25) is 4.79 Å². The summed E-state index contributed by atoms with van der Waals surface area (Å²) in [5, 5.41) is 2.59. The third-order valence-corrected chi connectivity index (χ3v) is 1.99. The van der Waals surface area contributed by atoms with Crippen molar-refractivity contribution in [2.45, 2.75) is 26.4 Å². The van der Waals surface area contributed by atoms with E-state index in [0.29, 0.717) is 11.3 Å². The Hall–Kier alpha value is -1.88.